The van der Waals surface area contributed by atoms with Gasteiger partial charge in [0.15, 0.2) is 17.1 Å². The molecule has 0 spiro atoms. The van der Waals surface area contributed by atoms with Crippen molar-refractivity contribution in [2.24, 2.45) is 0 Å². The van der Waals surface area contributed by atoms with Crippen molar-refractivity contribution >= 4 is 23.1 Å². The molecule has 0 saturated carbocycles. The van der Waals surface area contributed by atoms with Crippen LogP contribution in [-0.2, 0) is 4.79 Å². The quantitative estimate of drug-likeness (QED) is 0.305. The lowest BCUT2D eigenvalue weighted by atomic mass is 10.0. The highest BCUT2D eigenvalue weighted by Gasteiger charge is 2.20. The molecular weight excluding hydrogens is 358 g/mol. The maximum Gasteiger partial charge on any atom is 0.270 e. The molecule has 2 aromatic carbocycles. The summed E-state index contributed by atoms with van der Waals surface area (Å²) in [6.45, 7) is 1.55. The third-order valence-corrected chi connectivity index (χ3v) is 4.02. The van der Waals surface area contributed by atoms with Crippen molar-refractivity contribution in [1.29, 1.82) is 5.26 Å². The lowest BCUT2D eigenvalue weighted by Crippen LogP contribution is -2.15. The van der Waals surface area contributed by atoms with Gasteiger partial charge >= 0.3 is 0 Å². The Balaban J connectivity index is 1.78. The van der Waals surface area contributed by atoms with Crippen molar-refractivity contribution in [3.8, 4) is 6.07 Å². The highest BCUT2D eigenvalue weighted by molar-refractivity contribution is 6.12. The minimum absolute atomic E-state index is 0.142. The minimum atomic E-state index is -0.789. The summed E-state index contributed by atoms with van der Waals surface area (Å²) in [4.78, 5) is 24.8. The van der Waals surface area contributed by atoms with Gasteiger partial charge in [-0.2, -0.15) is 5.26 Å². The fourth-order valence-electron chi connectivity index (χ4n) is 2.53. The molecule has 0 saturated heterocycles. The van der Waals surface area contributed by atoms with E-state index < -0.39 is 17.2 Å². The number of benzene rings is 2. The number of ketones is 1. The smallest absolute Gasteiger partial charge is 0.270 e. The number of nitrogens with one attached hydrogen (secondary N) is 1. The first kappa shape index (κ1) is 18.6. The van der Waals surface area contributed by atoms with E-state index in [2.05, 4.69) is 10.5 Å². The van der Waals surface area contributed by atoms with Crippen LogP contribution in [-0.4, -0.2) is 22.0 Å². The molecule has 0 atom stereocenters. The highest BCUT2D eigenvalue weighted by Crippen LogP contribution is 2.21. The average Bonchev–Trinajstić information content (AvgIpc) is 3.15. The Morgan fingerprint density at radius 1 is 1.07 bits per heavy atom. The Kier molecular flexibility index (Phi) is 5.33. The Morgan fingerprint density at radius 2 is 1.71 bits per heavy atom. The van der Waals surface area contributed by atoms with Crippen molar-refractivity contribution in [2.45, 2.75) is 6.92 Å². The number of amides is 1. The summed E-state index contributed by atoms with van der Waals surface area (Å²) >= 11 is 0. The molecule has 3 aromatic rings. The van der Waals surface area contributed by atoms with Gasteiger partial charge in [-0.05, 0) is 31.2 Å². The lowest BCUT2D eigenvalue weighted by molar-refractivity contribution is -0.112. The van der Waals surface area contributed by atoms with Crippen molar-refractivity contribution < 1.29 is 19.2 Å². The van der Waals surface area contributed by atoms with Crippen molar-refractivity contribution in [3.63, 3.8) is 0 Å². The maximum absolute atomic E-state index is 12.4. The van der Waals surface area contributed by atoms with Crippen molar-refractivity contribution in [2.75, 3.05) is 5.32 Å². The molecule has 1 aromatic heterocycles. The molecule has 0 aliphatic rings. The third kappa shape index (κ3) is 3.81. The van der Waals surface area contributed by atoms with E-state index in [1.807, 2.05) is 6.07 Å². The number of hydrogen-bond donors (Lipinski definition) is 2. The number of hydrogen-bond acceptors (Lipinski definition) is 6. The van der Waals surface area contributed by atoms with E-state index in [-0.39, 0.29) is 17.1 Å². The number of aliphatic hydroxyl groups is 1. The molecule has 1 heterocycles. The molecule has 1 amide bonds. The van der Waals surface area contributed by atoms with Crippen LogP contribution >= 0.6 is 0 Å². The van der Waals surface area contributed by atoms with Gasteiger partial charge in [0, 0.05) is 16.8 Å². The van der Waals surface area contributed by atoms with Gasteiger partial charge in [0.05, 0.1) is 11.8 Å². The number of rotatable bonds is 5. The number of anilines is 1. The summed E-state index contributed by atoms with van der Waals surface area (Å²) in [5, 5.41) is 25.5. The Labute approximate surface area is 160 Å². The van der Waals surface area contributed by atoms with Gasteiger partial charge in [0.1, 0.15) is 11.8 Å². The van der Waals surface area contributed by atoms with Gasteiger partial charge < -0.3 is 14.9 Å². The van der Waals surface area contributed by atoms with Crippen LogP contribution in [0.15, 0.2) is 70.9 Å². The summed E-state index contributed by atoms with van der Waals surface area (Å²) in [6.07, 6.45) is 1.22. The van der Waals surface area contributed by atoms with E-state index in [0.717, 1.165) is 0 Å². The first-order valence-electron chi connectivity index (χ1n) is 8.27. The normalized spacial score (nSPS) is 11.3. The SMILES string of the molecule is Cc1oncc1/C(O)=C(\C#N)C(=O)Nc1ccc(C(=O)c2ccccc2)cc1. The van der Waals surface area contributed by atoms with Gasteiger partial charge in [-0.25, -0.2) is 0 Å². The van der Waals surface area contributed by atoms with Crippen LogP contribution in [0.3, 0.4) is 0 Å². The van der Waals surface area contributed by atoms with Crippen LogP contribution in [0.5, 0.6) is 0 Å². The number of carbonyl (C=O) groups is 2. The average molecular weight is 373 g/mol. The zero-order valence-electron chi connectivity index (χ0n) is 14.8. The zero-order chi connectivity index (χ0) is 20.1. The number of nitriles is 1. The molecule has 0 aliphatic carbocycles. The summed E-state index contributed by atoms with van der Waals surface area (Å²) < 4.78 is 4.83. The number of nitrogens with zero attached hydrogens (tertiary/aromatic N) is 2. The molecule has 0 fully saturated rings. The predicted octanol–water partition coefficient (Wildman–Crippen LogP) is 3.65. The molecule has 7 heteroatoms. The molecule has 0 radical (unpaired) electrons. The second-order valence-corrected chi connectivity index (χ2v) is 5.86. The van der Waals surface area contributed by atoms with Crippen LogP contribution in [0.2, 0.25) is 0 Å². The van der Waals surface area contributed by atoms with Crippen LogP contribution in [0.1, 0.15) is 27.2 Å². The van der Waals surface area contributed by atoms with E-state index in [1.54, 1.807) is 61.5 Å². The van der Waals surface area contributed by atoms with Crippen LogP contribution in [0.25, 0.3) is 5.76 Å². The van der Waals surface area contributed by atoms with Crippen LogP contribution < -0.4 is 5.32 Å². The first-order valence-corrected chi connectivity index (χ1v) is 8.27. The second kappa shape index (κ2) is 8.01. The Bertz CT molecular complexity index is 1090. The molecular formula is C21H15N3O4. The molecule has 0 unspecified atom stereocenters. The summed E-state index contributed by atoms with van der Waals surface area (Å²) in [6, 6.07) is 16.7. The van der Waals surface area contributed by atoms with E-state index >= 15 is 0 Å². The highest BCUT2D eigenvalue weighted by atomic mass is 16.5. The van der Waals surface area contributed by atoms with Gasteiger partial charge in [0.25, 0.3) is 5.91 Å². The van der Waals surface area contributed by atoms with Gasteiger partial charge in [-0.1, -0.05) is 35.5 Å². The fourth-order valence-corrected chi connectivity index (χ4v) is 2.53. The molecule has 138 valence electrons. The molecule has 2 N–H and O–H groups in total. The monoisotopic (exact) mass is 373 g/mol. The minimum Gasteiger partial charge on any atom is -0.506 e. The standard InChI is InChI=1S/C21H15N3O4/c1-13-18(12-23-28-13)20(26)17(11-22)21(27)24-16-9-7-15(8-10-16)19(25)14-5-3-2-4-6-14/h2-10,12,26H,1H3,(H,24,27)/b20-17-. The first-order chi connectivity index (χ1) is 13.5. The zero-order valence-corrected chi connectivity index (χ0v) is 14.8. The molecule has 28 heavy (non-hydrogen) atoms. The Hall–Kier alpha value is -4.18. The topological polar surface area (TPSA) is 116 Å². The van der Waals surface area contributed by atoms with Gasteiger partial charge in [-0.3, -0.25) is 9.59 Å². The van der Waals surface area contributed by atoms with E-state index in [1.165, 1.54) is 6.20 Å². The molecule has 0 aliphatic heterocycles. The van der Waals surface area contributed by atoms with Crippen LogP contribution in [0.4, 0.5) is 5.69 Å². The predicted molar refractivity (Wildman–Crippen MR) is 101 cm³/mol. The van der Waals surface area contributed by atoms with Crippen molar-refractivity contribution in [1.82, 2.24) is 5.16 Å². The third-order valence-electron chi connectivity index (χ3n) is 4.02. The number of aromatic nitrogens is 1. The van der Waals surface area contributed by atoms with Gasteiger partial charge in [0.2, 0.25) is 0 Å². The summed E-state index contributed by atoms with van der Waals surface area (Å²) in [7, 11) is 0. The fraction of sp³-hybridized carbons (Fsp3) is 0.0476. The van der Waals surface area contributed by atoms with E-state index in [0.29, 0.717) is 16.8 Å². The number of aliphatic hydroxyl groups excluding tert-OH is 1. The Morgan fingerprint density at radius 3 is 2.29 bits per heavy atom. The number of carbonyl (C=O) groups excluding carboxylic acids is 2. The molecule has 7 nitrogen and oxygen atoms in total. The second-order valence-electron chi connectivity index (χ2n) is 5.86. The summed E-state index contributed by atoms with van der Waals surface area (Å²) in [5.41, 5.74) is 1.08. The van der Waals surface area contributed by atoms with E-state index in [4.69, 9.17) is 4.52 Å². The molecule has 3 rings (SSSR count). The molecule has 0 bridgehead atoms. The van der Waals surface area contributed by atoms with Crippen LogP contribution in [0, 0.1) is 18.3 Å². The van der Waals surface area contributed by atoms with E-state index in [9.17, 15) is 20.0 Å². The number of aryl methyl sites for hydroxylation is 1. The summed E-state index contributed by atoms with van der Waals surface area (Å²) in [5.74, 6) is -1.17. The van der Waals surface area contributed by atoms with Gasteiger partial charge in [-0.15, -0.1) is 0 Å². The van der Waals surface area contributed by atoms with Crippen molar-refractivity contribution in [3.05, 3.63) is 88.8 Å². The largest absolute Gasteiger partial charge is 0.506 e. The lowest BCUT2D eigenvalue weighted by Gasteiger charge is -2.07. The maximum atomic E-state index is 12.4.